The van der Waals surface area contributed by atoms with Gasteiger partial charge in [-0.2, -0.15) is 0 Å². The van der Waals surface area contributed by atoms with Gasteiger partial charge in [-0.05, 0) is 95.1 Å². The molecule has 1 N–H and O–H groups in total. The van der Waals surface area contributed by atoms with E-state index in [1.54, 1.807) is 20.8 Å². The Morgan fingerprint density at radius 2 is 1.94 bits per heavy atom. The number of benzene rings is 1. The van der Waals surface area contributed by atoms with Crippen molar-refractivity contribution < 1.29 is 19.1 Å². The first kappa shape index (κ1) is 24.1. The molecule has 0 aromatic heterocycles. The Kier molecular flexibility index (Phi) is 6.51. The highest BCUT2D eigenvalue weighted by Crippen LogP contribution is 2.55. The number of ether oxygens (including phenoxy) is 2. The summed E-state index contributed by atoms with van der Waals surface area (Å²) in [4.78, 5) is 27.9. The van der Waals surface area contributed by atoms with Crippen LogP contribution in [0.25, 0.3) is 0 Å². The van der Waals surface area contributed by atoms with Crippen LogP contribution in [0.2, 0.25) is 0 Å². The van der Waals surface area contributed by atoms with Gasteiger partial charge in [-0.3, -0.25) is 0 Å². The molecule has 1 heterocycles. The van der Waals surface area contributed by atoms with Crippen LogP contribution in [0.1, 0.15) is 77.8 Å². The molecule has 0 spiro atoms. The number of nitrogens with zero attached hydrogens (tertiary/aromatic N) is 1. The molecule has 1 aromatic carbocycles. The first-order valence-electron chi connectivity index (χ1n) is 12.5. The van der Waals surface area contributed by atoms with Crippen molar-refractivity contribution in [3.8, 4) is 5.75 Å². The van der Waals surface area contributed by atoms with E-state index in [4.69, 9.17) is 9.47 Å². The molecule has 6 heteroatoms. The molecule has 1 saturated carbocycles. The SMILES string of the molecule is CC(C)C(NC(=O)OC(C)(C)C)C(=O)Oc1ccc2c(c1)[C@]13CCCC[C@@H]1C(C2)N(C)CC3. The van der Waals surface area contributed by atoms with Crippen molar-refractivity contribution >= 4 is 12.1 Å². The van der Waals surface area contributed by atoms with Crippen molar-refractivity contribution in [3.05, 3.63) is 29.3 Å². The van der Waals surface area contributed by atoms with Gasteiger partial charge in [0, 0.05) is 11.5 Å². The Bertz CT molecular complexity index is 906. The zero-order chi connectivity index (χ0) is 24.0. The number of esters is 1. The molecule has 4 atom stereocenters. The third kappa shape index (κ3) is 4.77. The Hall–Kier alpha value is -2.08. The molecule has 3 aliphatic rings. The van der Waals surface area contributed by atoms with Gasteiger partial charge in [0.05, 0.1) is 0 Å². The smallest absolute Gasteiger partial charge is 0.408 e. The first-order valence-corrected chi connectivity index (χ1v) is 12.5. The van der Waals surface area contributed by atoms with Crippen molar-refractivity contribution in [2.75, 3.05) is 13.6 Å². The third-order valence-corrected chi connectivity index (χ3v) is 7.90. The fourth-order valence-corrected chi connectivity index (χ4v) is 6.35. The molecule has 2 aliphatic carbocycles. The van der Waals surface area contributed by atoms with Crippen LogP contribution in [0.5, 0.6) is 5.75 Å². The number of carbonyl (C=O) groups is 2. The maximum Gasteiger partial charge on any atom is 0.408 e. The summed E-state index contributed by atoms with van der Waals surface area (Å²) in [6.45, 7) is 10.3. The van der Waals surface area contributed by atoms with Gasteiger partial charge >= 0.3 is 12.1 Å². The van der Waals surface area contributed by atoms with Crippen molar-refractivity contribution in [1.82, 2.24) is 10.2 Å². The van der Waals surface area contributed by atoms with Crippen molar-refractivity contribution in [2.24, 2.45) is 11.8 Å². The molecule has 1 saturated heterocycles. The normalized spacial score (nSPS) is 27.8. The van der Waals surface area contributed by atoms with E-state index in [0.29, 0.717) is 17.7 Å². The lowest BCUT2D eigenvalue weighted by Crippen LogP contribution is -2.59. The van der Waals surface area contributed by atoms with Crippen LogP contribution in [-0.2, 0) is 21.4 Å². The molecule has 2 unspecified atom stereocenters. The van der Waals surface area contributed by atoms with Gasteiger partial charge in [0.25, 0.3) is 0 Å². The number of likely N-dealkylation sites (tertiary alicyclic amines) is 1. The second-order valence-electron chi connectivity index (χ2n) is 11.6. The van der Waals surface area contributed by atoms with Crippen molar-refractivity contribution in [1.29, 1.82) is 0 Å². The molecule has 6 nitrogen and oxygen atoms in total. The van der Waals surface area contributed by atoms with E-state index in [-0.39, 0.29) is 11.3 Å². The van der Waals surface area contributed by atoms with Gasteiger partial charge in [0.2, 0.25) is 0 Å². The summed E-state index contributed by atoms with van der Waals surface area (Å²) >= 11 is 0. The predicted octanol–water partition coefficient (Wildman–Crippen LogP) is 4.83. The molecular formula is C27H40N2O4. The number of nitrogens with one attached hydrogen (secondary N) is 1. The molecule has 1 aliphatic heterocycles. The number of rotatable bonds is 4. The number of hydrogen-bond donors (Lipinski definition) is 1. The highest BCUT2D eigenvalue weighted by molar-refractivity contribution is 5.83. The lowest BCUT2D eigenvalue weighted by Gasteiger charge is -2.58. The Balaban J connectivity index is 1.55. The van der Waals surface area contributed by atoms with E-state index in [1.807, 2.05) is 19.9 Å². The van der Waals surface area contributed by atoms with E-state index in [2.05, 4.69) is 29.4 Å². The number of alkyl carbamates (subject to hydrolysis) is 1. The van der Waals surface area contributed by atoms with Gasteiger partial charge in [-0.25, -0.2) is 9.59 Å². The Morgan fingerprint density at radius 3 is 2.64 bits per heavy atom. The van der Waals surface area contributed by atoms with Crippen molar-refractivity contribution in [3.63, 3.8) is 0 Å². The van der Waals surface area contributed by atoms with Crippen LogP contribution >= 0.6 is 0 Å². The van der Waals surface area contributed by atoms with E-state index in [1.165, 1.54) is 43.2 Å². The minimum atomic E-state index is -0.774. The van der Waals surface area contributed by atoms with Crippen LogP contribution in [0.15, 0.2) is 18.2 Å². The Morgan fingerprint density at radius 1 is 1.18 bits per heavy atom. The van der Waals surface area contributed by atoms with Gasteiger partial charge in [0.1, 0.15) is 17.4 Å². The van der Waals surface area contributed by atoms with Gasteiger partial charge in [-0.15, -0.1) is 0 Å². The maximum atomic E-state index is 13.1. The topological polar surface area (TPSA) is 67.9 Å². The van der Waals surface area contributed by atoms with Gasteiger partial charge in [0.15, 0.2) is 0 Å². The minimum Gasteiger partial charge on any atom is -0.444 e. The number of fused-ring (bicyclic) bond motifs is 1. The number of piperidine rings is 1. The van der Waals surface area contributed by atoms with Crippen LogP contribution in [0, 0.1) is 11.8 Å². The Labute approximate surface area is 198 Å². The summed E-state index contributed by atoms with van der Waals surface area (Å²) in [7, 11) is 2.27. The minimum absolute atomic E-state index is 0.126. The number of amides is 1. The van der Waals surface area contributed by atoms with Gasteiger partial charge in [-0.1, -0.05) is 32.8 Å². The number of likely N-dealkylation sites (N-methyl/N-ethyl adjacent to an activating group) is 1. The molecule has 2 bridgehead atoms. The largest absolute Gasteiger partial charge is 0.444 e. The monoisotopic (exact) mass is 456 g/mol. The zero-order valence-electron chi connectivity index (χ0n) is 21.1. The first-order chi connectivity index (χ1) is 15.5. The molecule has 2 fully saturated rings. The van der Waals surface area contributed by atoms with E-state index >= 15 is 0 Å². The van der Waals surface area contributed by atoms with Crippen LogP contribution in [0.4, 0.5) is 4.79 Å². The summed E-state index contributed by atoms with van der Waals surface area (Å²) in [5.41, 5.74) is 2.37. The second-order valence-corrected chi connectivity index (χ2v) is 11.6. The van der Waals surface area contributed by atoms with E-state index < -0.39 is 23.7 Å². The highest BCUT2D eigenvalue weighted by atomic mass is 16.6. The standard InChI is InChI=1S/C27H40N2O4/c1-17(2)23(28-25(31)33-26(3,4)5)24(30)32-19-11-10-18-15-22-20-9-7-8-12-27(20,21(18)16-19)13-14-29(22)6/h10-11,16-17,20,22-23H,7-9,12-15H2,1-6H3,(H,28,31)/t20-,22?,23?,27+/m1/s1. The predicted molar refractivity (Wildman–Crippen MR) is 128 cm³/mol. The third-order valence-electron chi connectivity index (χ3n) is 7.90. The lowest BCUT2D eigenvalue weighted by atomic mass is 9.52. The summed E-state index contributed by atoms with van der Waals surface area (Å²) in [5, 5.41) is 2.70. The van der Waals surface area contributed by atoms with Crippen LogP contribution in [-0.4, -0.2) is 48.2 Å². The van der Waals surface area contributed by atoms with E-state index in [9.17, 15) is 9.59 Å². The summed E-state index contributed by atoms with van der Waals surface area (Å²) in [6, 6.07) is 6.03. The molecule has 0 radical (unpaired) electrons. The second kappa shape index (κ2) is 8.94. The van der Waals surface area contributed by atoms with Crippen LogP contribution < -0.4 is 10.1 Å². The average molecular weight is 457 g/mol. The summed E-state index contributed by atoms with van der Waals surface area (Å²) in [5.74, 6) is 0.677. The fourth-order valence-electron chi connectivity index (χ4n) is 6.35. The number of carbonyl (C=O) groups excluding carboxylic acids is 2. The lowest BCUT2D eigenvalue weighted by molar-refractivity contribution is -0.137. The van der Waals surface area contributed by atoms with Crippen LogP contribution in [0.3, 0.4) is 0 Å². The van der Waals surface area contributed by atoms with Gasteiger partial charge < -0.3 is 19.7 Å². The van der Waals surface area contributed by atoms with E-state index in [0.717, 1.165) is 13.0 Å². The zero-order valence-corrected chi connectivity index (χ0v) is 21.1. The molecule has 1 aromatic rings. The molecule has 4 rings (SSSR count). The summed E-state index contributed by atoms with van der Waals surface area (Å²) in [6.07, 6.45) is 6.73. The fraction of sp³-hybridized carbons (Fsp3) is 0.704. The highest BCUT2D eigenvalue weighted by Gasteiger charge is 2.53. The average Bonchev–Trinajstić information content (AvgIpc) is 2.73. The molecule has 1 amide bonds. The molecular weight excluding hydrogens is 416 g/mol. The maximum absolute atomic E-state index is 13.1. The van der Waals surface area contributed by atoms with Crippen molar-refractivity contribution in [2.45, 2.75) is 96.2 Å². The molecule has 33 heavy (non-hydrogen) atoms. The molecule has 182 valence electrons. The summed E-state index contributed by atoms with van der Waals surface area (Å²) < 4.78 is 11.2. The quantitative estimate of drug-likeness (QED) is 0.519. The number of hydrogen-bond acceptors (Lipinski definition) is 5.